The third-order valence-corrected chi connectivity index (χ3v) is 3.88. The molecule has 24 heavy (non-hydrogen) atoms. The minimum Gasteiger partial charge on any atom is -0.497 e. The molecule has 0 spiro atoms. The van der Waals surface area contributed by atoms with Crippen molar-refractivity contribution in [2.75, 3.05) is 7.11 Å². The molecule has 0 saturated heterocycles. The molecular weight excluding hydrogens is 304 g/mol. The first-order valence-corrected chi connectivity index (χ1v) is 7.94. The van der Waals surface area contributed by atoms with E-state index in [0.29, 0.717) is 12.8 Å². The lowest BCUT2D eigenvalue weighted by atomic mass is 9.96. The van der Waals surface area contributed by atoms with Gasteiger partial charge in [0.15, 0.2) is 0 Å². The average molecular weight is 326 g/mol. The van der Waals surface area contributed by atoms with Gasteiger partial charge in [0.2, 0.25) is 0 Å². The zero-order valence-corrected chi connectivity index (χ0v) is 14.0. The molecular formula is C20H22O4. The Morgan fingerprint density at radius 3 is 2.21 bits per heavy atom. The number of benzene rings is 2. The molecule has 0 aromatic heterocycles. The molecule has 0 bridgehead atoms. The SMILES string of the molecule is COc1ccc(CCC(C(C)=O)C(=O)OCc2ccccc2)cc1. The summed E-state index contributed by atoms with van der Waals surface area (Å²) in [5, 5.41) is 0. The van der Waals surface area contributed by atoms with Crippen LogP contribution in [-0.2, 0) is 27.4 Å². The number of aryl methyl sites for hydroxylation is 1. The normalized spacial score (nSPS) is 11.6. The van der Waals surface area contributed by atoms with Gasteiger partial charge < -0.3 is 9.47 Å². The summed E-state index contributed by atoms with van der Waals surface area (Å²) in [6, 6.07) is 17.0. The molecule has 0 aliphatic rings. The highest BCUT2D eigenvalue weighted by Crippen LogP contribution is 2.17. The van der Waals surface area contributed by atoms with Crippen LogP contribution >= 0.6 is 0 Å². The van der Waals surface area contributed by atoms with Crippen molar-refractivity contribution in [3.63, 3.8) is 0 Å². The van der Waals surface area contributed by atoms with E-state index in [-0.39, 0.29) is 12.4 Å². The number of hydrogen-bond acceptors (Lipinski definition) is 4. The van der Waals surface area contributed by atoms with Gasteiger partial charge in [0.25, 0.3) is 0 Å². The van der Waals surface area contributed by atoms with Gasteiger partial charge in [0, 0.05) is 0 Å². The molecule has 0 N–H and O–H groups in total. The predicted octanol–water partition coefficient (Wildman–Crippen LogP) is 3.58. The minimum atomic E-state index is -0.726. The summed E-state index contributed by atoms with van der Waals surface area (Å²) in [7, 11) is 1.61. The minimum absolute atomic E-state index is 0.165. The maximum absolute atomic E-state index is 12.2. The van der Waals surface area contributed by atoms with E-state index >= 15 is 0 Å². The van der Waals surface area contributed by atoms with Crippen LogP contribution in [0.4, 0.5) is 0 Å². The number of ether oxygens (including phenoxy) is 2. The molecule has 0 amide bonds. The van der Waals surface area contributed by atoms with Gasteiger partial charge in [-0.15, -0.1) is 0 Å². The van der Waals surface area contributed by atoms with Gasteiger partial charge in [-0.2, -0.15) is 0 Å². The average Bonchev–Trinajstić information content (AvgIpc) is 2.61. The molecule has 0 heterocycles. The van der Waals surface area contributed by atoms with Crippen LogP contribution in [0.5, 0.6) is 5.75 Å². The largest absolute Gasteiger partial charge is 0.497 e. The van der Waals surface area contributed by atoms with Crippen LogP contribution in [0.1, 0.15) is 24.5 Å². The van der Waals surface area contributed by atoms with Gasteiger partial charge in [-0.1, -0.05) is 42.5 Å². The van der Waals surface area contributed by atoms with E-state index in [1.165, 1.54) is 6.92 Å². The summed E-state index contributed by atoms with van der Waals surface area (Å²) in [6.45, 7) is 1.62. The molecule has 4 heteroatoms. The van der Waals surface area contributed by atoms with E-state index in [4.69, 9.17) is 9.47 Å². The Hall–Kier alpha value is -2.62. The van der Waals surface area contributed by atoms with Gasteiger partial charge in [0.05, 0.1) is 7.11 Å². The maximum atomic E-state index is 12.2. The Labute approximate surface area is 142 Å². The number of carbonyl (C=O) groups excluding carboxylic acids is 2. The lowest BCUT2D eigenvalue weighted by Gasteiger charge is -2.13. The van der Waals surface area contributed by atoms with Gasteiger partial charge in [-0.05, 0) is 43.0 Å². The van der Waals surface area contributed by atoms with Gasteiger partial charge >= 0.3 is 5.97 Å². The van der Waals surface area contributed by atoms with E-state index < -0.39 is 11.9 Å². The van der Waals surface area contributed by atoms with E-state index in [2.05, 4.69) is 0 Å². The Morgan fingerprint density at radius 1 is 0.958 bits per heavy atom. The molecule has 0 aliphatic heterocycles. The van der Waals surface area contributed by atoms with Crippen molar-refractivity contribution in [1.82, 2.24) is 0 Å². The molecule has 126 valence electrons. The summed E-state index contributed by atoms with van der Waals surface area (Å²) < 4.78 is 10.4. The summed E-state index contributed by atoms with van der Waals surface area (Å²) >= 11 is 0. The first kappa shape index (κ1) is 17.7. The zero-order chi connectivity index (χ0) is 17.4. The summed E-state index contributed by atoms with van der Waals surface area (Å²) in [5.74, 6) is -0.568. The topological polar surface area (TPSA) is 52.6 Å². The van der Waals surface area contributed by atoms with Crippen molar-refractivity contribution in [2.24, 2.45) is 5.92 Å². The lowest BCUT2D eigenvalue weighted by molar-refractivity contribution is -0.153. The Morgan fingerprint density at radius 2 is 1.62 bits per heavy atom. The van der Waals surface area contributed by atoms with Crippen molar-refractivity contribution >= 4 is 11.8 Å². The van der Waals surface area contributed by atoms with Crippen LogP contribution in [0.3, 0.4) is 0 Å². The molecule has 1 unspecified atom stereocenters. The lowest BCUT2D eigenvalue weighted by Crippen LogP contribution is -2.25. The highest BCUT2D eigenvalue weighted by molar-refractivity contribution is 5.97. The monoisotopic (exact) mass is 326 g/mol. The first-order chi connectivity index (χ1) is 11.6. The van der Waals surface area contributed by atoms with Crippen LogP contribution in [0.25, 0.3) is 0 Å². The molecule has 0 fully saturated rings. The smallest absolute Gasteiger partial charge is 0.316 e. The van der Waals surface area contributed by atoms with E-state index in [0.717, 1.165) is 16.9 Å². The van der Waals surface area contributed by atoms with Crippen LogP contribution in [0.2, 0.25) is 0 Å². The van der Waals surface area contributed by atoms with Crippen molar-refractivity contribution in [1.29, 1.82) is 0 Å². The summed E-state index contributed by atoms with van der Waals surface area (Å²) in [5.41, 5.74) is 1.96. The van der Waals surface area contributed by atoms with Crippen molar-refractivity contribution in [3.8, 4) is 5.75 Å². The van der Waals surface area contributed by atoms with Gasteiger partial charge in [0.1, 0.15) is 24.1 Å². The number of rotatable bonds is 8. The fourth-order valence-electron chi connectivity index (χ4n) is 2.42. The molecule has 4 nitrogen and oxygen atoms in total. The molecule has 2 aromatic rings. The fourth-order valence-corrected chi connectivity index (χ4v) is 2.42. The summed E-state index contributed by atoms with van der Waals surface area (Å²) in [6.07, 6.45) is 1.07. The number of carbonyl (C=O) groups is 2. The molecule has 1 atom stereocenters. The molecule has 2 rings (SSSR count). The van der Waals surface area contributed by atoms with Crippen molar-refractivity contribution in [3.05, 3.63) is 65.7 Å². The molecule has 0 aliphatic carbocycles. The second-order valence-corrected chi connectivity index (χ2v) is 5.64. The maximum Gasteiger partial charge on any atom is 0.316 e. The standard InChI is InChI=1S/C20H22O4/c1-15(21)19(13-10-16-8-11-18(23-2)12-9-16)20(22)24-14-17-6-4-3-5-7-17/h3-9,11-12,19H,10,13-14H2,1-2H3. The van der Waals surface area contributed by atoms with Crippen LogP contribution in [-0.4, -0.2) is 18.9 Å². The number of methoxy groups -OCH3 is 1. The second-order valence-electron chi connectivity index (χ2n) is 5.64. The molecule has 0 saturated carbocycles. The third-order valence-electron chi connectivity index (χ3n) is 3.88. The van der Waals surface area contributed by atoms with Gasteiger partial charge in [-0.3, -0.25) is 9.59 Å². The zero-order valence-electron chi connectivity index (χ0n) is 14.0. The van der Waals surface area contributed by atoms with Crippen molar-refractivity contribution < 1.29 is 19.1 Å². The van der Waals surface area contributed by atoms with Gasteiger partial charge in [-0.25, -0.2) is 0 Å². The highest BCUT2D eigenvalue weighted by Gasteiger charge is 2.24. The van der Waals surface area contributed by atoms with Crippen LogP contribution in [0, 0.1) is 5.92 Å². The van der Waals surface area contributed by atoms with Crippen LogP contribution < -0.4 is 4.74 Å². The highest BCUT2D eigenvalue weighted by atomic mass is 16.5. The predicted molar refractivity (Wildman–Crippen MR) is 91.7 cm³/mol. The number of ketones is 1. The Bertz CT molecular complexity index is 662. The van der Waals surface area contributed by atoms with E-state index in [1.807, 2.05) is 54.6 Å². The fraction of sp³-hybridized carbons (Fsp3) is 0.300. The van der Waals surface area contributed by atoms with E-state index in [1.54, 1.807) is 7.11 Å². The number of Topliss-reactive ketones (excluding diaryl/α,β-unsaturated/α-hetero) is 1. The number of hydrogen-bond donors (Lipinski definition) is 0. The first-order valence-electron chi connectivity index (χ1n) is 7.94. The second kappa shape index (κ2) is 8.87. The number of esters is 1. The van der Waals surface area contributed by atoms with Crippen molar-refractivity contribution in [2.45, 2.75) is 26.4 Å². The van der Waals surface area contributed by atoms with Crippen LogP contribution in [0.15, 0.2) is 54.6 Å². The Balaban J connectivity index is 1.90. The molecule has 0 radical (unpaired) electrons. The van der Waals surface area contributed by atoms with E-state index in [9.17, 15) is 9.59 Å². The quantitative estimate of drug-likeness (QED) is 0.550. The third kappa shape index (κ3) is 5.23. The molecule has 2 aromatic carbocycles. The Kier molecular flexibility index (Phi) is 6.55. The summed E-state index contributed by atoms with van der Waals surface area (Å²) in [4.78, 5) is 24.0.